The van der Waals surface area contributed by atoms with Crippen LogP contribution in [0.4, 0.5) is 0 Å². The van der Waals surface area contributed by atoms with E-state index >= 15 is 0 Å². The molecule has 0 saturated carbocycles. The van der Waals surface area contributed by atoms with Crippen LogP contribution in [0.2, 0.25) is 0 Å². The second-order valence-corrected chi connectivity index (χ2v) is 8.67. The van der Waals surface area contributed by atoms with Crippen LogP contribution in [-0.4, -0.2) is 63.8 Å². The molecule has 8 heteroatoms. The Bertz CT molecular complexity index is 1100. The molecule has 0 radical (unpaired) electrons. The monoisotopic (exact) mass is 447 g/mol. The van der Waals surface area contributed by atoms with E-state index in [2.05, 4.69) is 40.1 Å². The quantitative estimate of drug-likeness (QED) is 0.577. The third-order valence-electron chi connectivity index (χ3n) is 6.63. The van der Waals surface area contributed by atoms with Crippen molar-refractivity contribution in [2.24, 2.45) is 0 Å². The number of likely N-dealkylation sites (N-methyl/N-ethyl adjacent to an activating group) is 1. The second-order valence-electron chi connectivity index (χ2n) is 8.67. The van der Waals surface area contributed by atoms with Crippen molar-refractivity contribution in [1.82, 2.24) is 24.6 Å². The molecule has 0 unspecified atom stereocenters. The van der Waals surface area contributed by atoms with Gasteiger partial charge in [-0.25, -0.2) is 9.67 Å². The number of fused-ring (bicyclic) bond motifs is 1. The predicted octanol–water partition coefficient (Wildman–Crippen LogP) is 3.40. The van der Waals surface area contributed by atoms with E-state index in [1.807, 2.05) is 36.2 Å². The molecular formula is C25H29N5O3. The zero-order valence-electron chi connectivity index (χ0n) is 19.1. The van der Waals surface area contributed by atoms with Gasteiger partial charge >= 0.3 is 0 Å². The van der Waals surface area contributed by atoms with E-state index in [-0.39, 0.29) is 18.0 Å². The van der Waals surface area contributed by atoms with Crippen LogP contribution in [0.25, 0.3) is 5.69 Å². The molecule has 2 aliphatic heterocycles. The fourth-order valence-electron chi connectivity index (χ4n) is 4.62. The first-order valence-corrected chi connectivity index (χ1v) is 11.4. The van der Waals surface area contributed by atoms with Crippen LogP contribution < -0.4 is 9.47 Å². The van der Waals surface area contributed by atoms with Crippen LogP contribution >= 0.6 is 0 Å². The van der Waals surface area contributed by atoms with E-state index in [1.54, 1.807) is 11.0 Å². The standard InChI is InChI=1S/C25H29N5O3/c1-18(19-5-8-21(9-6-19)30-17-26-16-27-30)28(2)15-25(31)29-11-3-4-22(29)20-7-10-23-24(14-20)33-13-12-32-23/h5-10,14,16-18,22H,3-4,11-13,15H2,1-2H3/t18-,22-/m0/s1. The van der Waals surface area contributed by atoms with Crippen LogP contribution in [0.3, 0.4) is 0 Å². The topological polar surface area (TPSA) is 72.7 Å². The highest BCUT2D eigenvalue weighted by Gasteiger charge is 2.31. The first-order valence-electron chi connectivity index (χ1n) is 11.4. The number of hydrogen-bond acceptors (Lipinski definition) is 6. The summed E-state index contributed by atoms with van der Waals surface area (Å²) < 4.78 is 13.1. The van der Waals surface area contributed by atoms with Gasteiger partial charge in [-0.2, -0.15) is 5.10 Å². The van der Waals surface area contributed by atoms with Crippen molar-refractivity contribution in [2.45, 2.75) is 31.8 Å². The molecule has 0 bridgehead atoms. The average Bonchev–Trinajstić information content (AvgIpc) is 3.56. The highest BCUT2D eigenvalue weighted by molar-refractivity contribution is 5.79. The Morgan fingerprint density at radius 1 is 1.15 bits per heavy atom. The number of likely N-dealkylation sites (tertiary alicyclic amines) is 1. The van der Waals surface area contributed by atoms with Gasteiger partial charge in [-0.1, -0.05) is 18.2 Å². The molecule has 5 rings (SSSR count). The minimum absolute atomic E-state index is 0.0824. The molecule has 33 heavy (non-hydrogen) atoms. The molecule has 2 atom stereocenters. The summed E-state index contributed by atoms with van der Waals surface area (Å²) in [4.78, 5) is 21.4. The van der Waals surface area contributed by atoms with E-state index < -0.39 is 0 Å². The molecule has 1 amide bonds. The van der Waals surface area contributed by atoms with Gasteiger partial charge in [0, 0.05) is 12.6 Å². The van der Waals surface area contributed by atoms with E-state index in [4.69, 9.17) is 9.47 Å². The third-order valence-corrected chi connectivity index (χ3v) is 6.63. The molecule has 1 aromatic heterocycles. The smallest absolute Gasteiger partial charge is 0.237 e. The number of benzene rings is 2. The molecule has 172 valence electrons. The van der Waals surface area contributed by atoms with Gasteiger partial charge in [-0.15, -0.1) is 0 Å². The maximum atomic E-state index is 13.3. The summed E-state index contributed by atoms with van der Waals surface area (Å²) in [5.41, 5.74) is 3.23. The van der Waals surface area contributed by atoms with Gasteiger partial charge in [0.2, 0.25) is 5.91 Å². The first kappa shape index (κ1) is 21.5. The fraction of sp³-hybridized carbons (Fsp3) is 0.400. The Morgan fingerprint density at radius 2 is 1.94 bits per heavy atom. The predicted molar refractivity (Wildman–Crippen MR) is 124 cm³/mol. The highest BCUT2D eigenvalue weighted by atomic mass is 16.6. The maximum absolute atomic E-state index is 13.3. The van der Waals surface area contributed by atoms with Crippen molar-refractivity contribution in [2.75, 3.05) is 33.4 Å². The zero-order chi connectivity index (χ0) is 22.8. The molecule has 1 saturated heterocycles. The Morgan fingerprint density at radius 3 is 2.70 bits per heavy atom. The highest BCUT2D eigenvalue weighted by Crippen LogP contribution is 2.38. The van der Waals surface area contributed by atoms with Crippen LogP contribution in [0.5, 0.6) is 11.5 Å². The van der Waals surface area contributed by atoms with Gasteiger partial charge in [-0.05, 0) is 62.2 Å². The molecule has 3 heterocycles. The summed E-state index contributed by atoms with van der Waals surface area (Å²) in [5.74, 6) is 1.71. The van der Waals surface area contributed by atoms with Crippen molar-refractivity contribution in [1.29, 1.82) is 0 Å². The Kier molecular flexibility index (Phi) is 6.00. The Labute approximate surface area is 193 Å². The largest absolute Gasteiger partial charge is 0.486 e. The minimum atomic E-state index is 0.0824. The number of amides is 1. The molecule has 2 aromatic carbocycles. The molecule has 8 nitrogen and oxygen atoms in total. The summed E-state index contributed by atoms with van der Waals surface area (Å²) in [6.45, 7) is 4.42. The molecule has 0 aliphatic carbocycles. The number of rotatable bonds is 6. The van der Waals surface area contributed by atoms with Gasteiger partial charge in [0.05, 0.1) is 18.3 Å². The van der Waals surface area contributed by atoms with Gasteiger partial charge < -0.3 is 14.4 Å². The SMILES string of the molecule is C[C@@H](c1ccc(-n2cncn2)cc1)N(C)CC(=O)N1CCC[C@H]1c1ccc2c(c1)OCCO2. The van der Waals surface area contributed by atoms with Crippen molar-refractivity contribution < 1.29 is 14.3 Å². The second kappa shape index (κ2) is 9.23. The van der Waals surface area contributed by atoms with Gasteiger partial charge in [0.25, 0.3) is 0 Å². The molecule has 0 N–H and O–H groups in total. The van der Waals surface area contributed by atoms with Gasteiger partial charge in [-0.3, -0.25) is 9.69 Å². The van der Waals surface area contributed by atoms with Gasteiger partial charge in [0.1, 0.15) is 25.9 Å². The number of ether oxygens (including phenoxy) is 2. The molecular weight excluding hydrogens is 418 g/mol. The maximum Gasteiger partial charge on any atom is 0.237 e. The van der Waals surface area contributed by atoms with Crippen LogP contribution in [0, 0.1) is 0 Å². The molecule has 0 spiro atoms. The number of carbonyl (C=O) groups is 1. The Balaban J connectivity index is 1.24. The number of aromatic nitrogens is 3. The van der Waals surface area contributed by atoms with E-state index in [0.717, 1.165) is 47.7 Å². The van der Waals surface area contributed by atoms with Crippen molar-refractivity contribution >= 4 is 5.91 Å². The average molecular weight is 448 g/mol. The summed E-state index contributed by atoms with van der Waals surface area (Å²) in [5, 5.41) is 4.17. The lowest BCUT2D eigenvalue weighted by Gasteiger charge is -2.30. The lowest BCUT2D eigenvalue weighted by atomic mass is 10.0. The van der Waals surface area contributed by atoms with Crippen LogP contribution in [0.1, 0.15) is 43.0 Å². The third kappa shape index (κ3) is 4.43. The number of carbonyl (C=O) groups excluding carboxylic acids is 1. The van der Waals surface area contributed by atoms with Crippen molar-refractivity contribution in [3.05, 3.63) is 66.2 Å². The van der Waals surface area contributed by atoms with E-state index in [9.17, 15) is 4.79 Å². The fourth-order valence-corrected chi connectivity index (χ4v) is 4.62. The lowest BCUT2D eigenvalue weighted by molar-refractivity contribution is -0.133. The van der Waals surface area contributed by atoms with Crippen molar-refractivity contribution in [3.63, 3.8) is 0 Å². The first-order chi connectivity index (χ1) is 16.1. The summed E-state index contributed by atoms with van der Waals surface area (Å²) >= 11 is 0. The molecule has 2 aliphatic rings. The van der Waals surface area contributed by atoms with Crippen LogP contribution in [-0.2, 0) is 4.79 Å². The summed E-state index contributed by atoms with van der Waals surface area (Å²) in [6, 6.07) is 14.5. The van der Waals surface area contributed by atoms with E-state index in [0.29, 0.717) is 19.8 Å². The Hall–Kier alpha value is -3.39. The van der Waals surface area contributed by atoms with Gasteiger partial charge in [0.15, 0.2) is 11.5 Å². The van der Waals surface area contributed by atoms with E-state index in [1.165, 1.54) is 6.33 Å². The number of hydrogen-bond donors (Lipinski definition) is 0. The lowest BCUT2D eigenvalue weighted by Crippen LogP contribution is -2.39. The molecule has 1 fully saturated rings. The number of nitrogens with zero attached hydrogens (tertiary/aromatic N) is 5. The van der Waals surface area contributed by atoms with Crippen LogP contribution in [0.15, 0.2) is 55.1 Å². The summed E-state index contributed by atoms with van der Waals surface area (Å²) in [7, 11) is 2.00. The minimum Gasteiger partial charge on any atom is -0.486 e. The summed E-state index contributed by atoms with van der Waals surface area (Å²) in [6.07, 6.45) is 5.17. The molecule has 3 aromatic rings. The normalized spacial score (nSPS) is 18.5. The zero-order valence-corrected chi connectivity index (χ0v) is 19.1. The van der Waals surface area contributed by atoms with Crippen molar-refractivity contribution in [3.8, 4) is 17.2 Å².